The fourth-order valence-corrected chi connectivity index (χ4v) is 1.93. The normalized spacial score (nSPS) is 12.2. The predicted octanol–water partition coefficient (Wildman–Crippen LogP) is 2.03. The van der Waals surface area contributed by atoms with Crippen LogP contribution in [0.5, 0.6) is 0 Å². The molecule has 1 atom stereocenters. The average Bonchev–Trinajstić information content (AvgIpc) is 2.94. The number of nitrogens with zero attached hydrogens (tertiary/aromatic N) is 5. The number of anilines is 1. The first-order valence-corrected chi connectivity index (χ1v) is 6.59. The first kappa shape index (κ1) is 15.8. The molecule has 0 aliphatic carbocycles. The highest BCUT2D eigenvalue weighted by molar-refractivity contribution is 5.49. The summed E-state index contributed by atoms with van der Waals surface area (Å²) >= 11 is 0. The molecule has 0 unspecified atom stereocenters. The summed E-state index contributed by atoms with van der Waals surface area (Å²) < 4.78 is 10.3. The van der Waals surface area contributed by atoms with Crippen LogP contribution in [-0.2, 0) is 11.3 Å². The van der Waals surface area contributed by atoms with Gasteiger partial charge in [0.1, 0.15) is 18.1 Å². The average molecular weight is 307 g/mol. The molecule has 0 aliphatic rings. The minimum absolute atomic E-state index is 0.0383. The summed E-state index contributed by atoms with van der Waals surface area (Å²) in [6.07, 6.45) is 0.979. The van der Waals surface area contributed by atoms with Crippen molar-refractivity contribution in [1.29, 1.82) is 0 Å². The van der Waals surface area contributed by atoms with Crippen LogP contribution in [0.3, 0.4) is 0 Å². The van der Waals surface area contributed by atoms with Crippen LogP contribution >= 0.6 is 0 Å². The van der Waals surface area contributed by atoms with Crippen molar-refractivity contribution in [2.45, 2.75) is 26.5 Å². The van der Waals surface area contributed by atoms with E-state index in [1.807, 2.05) is 6.92 Å². The van der Waals surface area contributed by atoms with Crippen LogP contribution in [0.15, 0.2) is 16.8 Å². The summed E-state index contributed by atoms with van der Waals surface area (Å²) in [4.78, 5) is 20.4. The van der Waals surface area contributed by atoms with Gasteiger partial charge in [-0.2, -0.15) is 4.98 Å². The molecule has 0 aliphatic heterocycles. The Morgan fingerprint density at radius 2 is 2.27 bits per heavy atom. The van der Waals surface area contributed by atoms with Gasteiger partial charge < -0.3 is 14.2 Å². The summed E-state index contributed by atoms with van der Waals surface area (Å²) in [5.74, 6) is 1.50. The van der Waals surface area contributed by atoms with Gasteiger partial charge in [-0.05, 0) is 19.4 Å². The molecule has 0 N–H and O–H groups in total. The molecule has 22 heavy (non-hydrogen) atoms. The van der Waals surface area contributed by atoms with Gasteiger partial charge in [0.25, 0.3) is 5.69 Å². The molecule has 0 bridgehead atoms. The Bertz CT molecular complexity index is 672. The van der Waals surface area contributed by atoms with E-state index in [0.29, 0.717) is 29.6 Å². The van der Waals surface area contributed by atoms with E-state index in [-0.39, 0.29) is 11.8 Å². The van der Waals surface area contributed by atoms with Crippen LogP contribution in [0.4, 0.5) is 11.5 Å². The van der Waals surface area contributed by atoms with Crippen molar-refractivity contribution in [1.82, 2.24) is 15.1 Å². The molecule has 0 spiro atoms. The molecule has 9 heteroatoms. The molecule has 0 saturated heterocycles. The van der Waals surface area contributed by atoms with Gasteiger partial charge in [-0.1, -0.05) is 5.16 Å². The van der Waals surface area contributed by atoms with Gasteiger partial charge in [0.15, 0.2) is 5.82 Å². The molecule has 9 nitrogen and oxygen atoms in total. The number of ether oxygens (including phenoxy) is 1. The van der Waals surface area contributed by atoms with Crippen LogP contribution in [0.25, 0.3) is 0 Å². The zero-order valence-electron chi connectivity index (χ0n) is 12.8. The second kappa shape index (κ2) is 6.48. The molecule has 118 valence electrons. The molecule has 0 aromatic carbocycles. The zero-order valence-corrected chi connectivity index (χ0v) is 12.8. The smallest absolute Gasteiger partial charge is 0.287 e. The van der Waals surface area contributed by atoms with Gasteiger partial charge >= 0.3 is 0 Å². The number of aromatic nitrogens is 3. The topological polar surface area (TPSA) is 107 Å². The predicted molar refractivity (Wildman–Crippen MR) is 77.5 cm³/mol. The number of aryl methyl sites for hydroxylation is 1. The molecule has 2 rings (SSSR count). The molecule has 0 fully saturated rings. The summed E-state index contributed by atoms with van der Waals surface area (Å²) in [5.41, 5.74) is 0.658. The quantitative estimate of drug-likeness (QED) is 0.589. The summed E-state index contributed by atoms with van der Waals surface area (Å²) in [5, 5.41) is 14.6. The lowest BCUT2D eigenvalue weighted by atomic mass is 10.2. The van der Waals surface area contributed by atoms with Crippen molar-refractivity contribution in [2.75, 3.05) is 19.1 Å². The molecule has 2 aromatic rings. The van der Waals surface area contributed by atoms with Crippen LogP contribution in [-0.4, -0.2) is 34.2 Å². The van der Waals surface area contributed by atoms with Gasteiger partial charge in [-0.3, -0.25) is 10.1 Å². The largest absolute Gasteiger partial charge is 0.374 e. The lowest BCUT2D eigenvalue weighted by Gasteiger charge is -2.17. The van der Waals surface area contributed by atoms with E-state index in [1.54, 1.807) is 26.0 Å². The number of pyridine rings is 1. The lowest BCUT2D eigenvalue weighted by Crippen LogP contribution is -2.19. The van der Waals surface area contributed by atoms with Crippen molar-refractivity contribution < 1.29 is 14.2 Å². The summed E-state index contributed by atoms with van der Waals surface area (Å²) in [7, 11) is 3.36. The molecule has 0 amide bonds. The second-order valence-corrected chi connectivity index (χ2v) is 4.87. The van der Waals surface area contributed by atoms with E-state index in [2.05, 4.69) is 15.1 Å². The third-order valence-electron chi connectivity index (χ3n) is 3.18. The molecule has 0 radical (unpaired) electrons. The van der Waals surface area contributed by atoms with Crippen LogP contribution in [0, 0.1) is 17.0 Å². The number of hydrogen-bond acceptors (Lipinski definition) is 8. The number of methoxy groups -OCH3 is 1. The Balaban J connectivity index is 2.13. The van der Waals surface area contributed by atoms with Crippen molar-refractivity contribution >= 4 is 11.5 Å². The van der Waals surface area contributed by atoms with Crippen molar-refractivity contribution in [2.24, 2.45) is 0 Å². The van der Waals surface area contributed by atoms with E-state index in [9.17, 15) is 10.1 Å². The van der Waals surface area contributed by atoms with Crippen LogP contribution in [0.2, 0.25) is 0 Å². The third kappa shape index (κ3) is 3.37. The minimum Gasteiger partial charge on any atom is -0.374 e. The highest BCUT2D eigenvalue weighted by Crippen LogP contribution is 2.22. The standard InChI is InChI=1S/C13H17N5O4/c1-8-5-10(18(19)20)6-14-13(8)17(3)7-11-15-12(16-22-11)9(2)21-4/h5-6,9H,7H2,1-4H3/t9-/m1/s1. The van der Waals surface area contributed by atoms with E-state index in [4.69, 9.17) is 9.26 Å². The SMILES string of the molecule is CO[C@H](C)c1noc(CN(C)c2ncc([N+](=O)[O-])cc2C)n1. The fraction of sp³-hybridized carbons (Fsp3) is 0.462. The molecule has 2 aromatic heterocycles. The zero-order chi connectivity index (χ0) is 16.3. The minimum atomic E-state index is -0.472. The van der Waals surface area contributed by atoms with E-state index in [0.717, 1.165) is 0 Å². The van der Waals surface area contributed by atoms with Crippen LogP contribution < -0.4 is 4.90 Å². The Kier molecular flexibility index (Phi) is 4.66. The van der Waals surface area contributed by atoms with E-state index < -0.39 is 4.92 Å². The van der Waals surface area contributed by atoms with Gasteiger partial charge in [-0.25, -0.2) is 4.98 Å². The Morgan fingerprint density at radius 3 is 2.86 bits per heavy atom. The van der Waals surface area contributed by atoms with Crippen molar-refractivity contribution in [3.05, 3.63) is 39.7 Å². The third-order valence-corrected chi connectivity index (χ3v) is 3.18. The Morgan fingerprint density at radius 1 is 1.55 bits per heavy atom. The van der Waals surface area contributed by atoms with Gasteiger partial charge in [-0.15, -0.1) is 0 Å². The highest BCUT2D eigenvalue weighted by atomic mass is 16.6. The summed E-state index contributed by atoms with van der Waals surface area (Å²) in [6, 6.07) is 1.48. The fourth-order valence-electron chi connectivity index (χ4n) is 1.93. The van der Waals surface area contributed by atoms with E-state index in [1.165, 1.54) is 12.3 Å². The molecular weight excluding hydrogens is 290 g/mol. The molecule has 0 saturated carbocycles. The monoisotopic (exact) mass is 307 g/mol. The second-order valence-electron chi connectivity index (χ2n) is 4.87. The van der Waals surface area contributed by atoms with Crippen LogP contribution in [0.1, 0.15) is 30.3 Å². The van der Waals surface area contributed by atoms with E-state index >= 15 is 0 Å². The summed E-state index contributed by atoms with van der Waals surface area (Å²) in [6.45, 7) is 3.92. The van der Waals surface area contributed by atoms with Gasteiger partial charge in [0, 0.05) is 20.2 Å². The lowest BCUT2D eigenvalue weighted by molar-refractivity contribution is -0.385. The number of nitro groups is 1. The molecular formula is C13H17N5O4. The maximum Gasteiger partial charge on any atom is 0.287 e. The first-order valence-electron chi connectivity index (χ1n) is 6.59. The maximum absolute atomic E-state index is 10.7. The number of hydrogen-bond donors (Lipinski definition) is 0. The number of rotatable bonds is 6. The maximum atomic E-state index is 10.7. The highest BCUT2D eigenvalue weighted by Gasteiger charge is 2.17. The Labute approximate surface area is 127 Å². The van der Waals surface area contributed by atoms with Gasteiger partial charge in [0.2, 0.25) is 5.89 Å². The Hall–Kier alpha value is -2.55. The first-order chi connectivity index (χ1) is 10.4. The van der Waals surface area contributed by atoms with Crippen molar-refractivity contribution in [3.63, 3.8) is 0 Å². The van der Waals surface area contributed by atoms with Gasteiger partial charge in [0.05, 0.1) is 11.5 Å². The van der Waals surface area contributed by atoms with Crippen molar-refractivity contribution in [3.8, 4) is 0 Å². The molecule has 2 heterocycles.